The number of hydrogen-bond donors (Lipinski definition) is 0. The van der Waals surface area contributed by atoms with Crippen LogP contribution in [0.4, 0.5) is 11.4 Å². The number of amides is 3. The van der Waals surface area contributed by atoms with Gasteiger partial charge in [0.1, 0.15) is 5.75 Å². The normalized spacial score (nSPS) is 24.8. The van der Waals surface area contributed by atoms with Gasteiger partial charge in [-0.2, -0.15) is 0 Å². The summed E-state index contributed by atoms with van der Waals surface area (Å²) in [6, 6.07) is 28.7. The minimum atomic E-state index is -0.629. The Kier molecular flexibility index (Phi) is 5.88. The van der Waals surface area contributed by atoms with Crippen molar-refractivity contribution in [3.8, 4) is 5.75 Å². The van der Waals surface area contributed by atoms with Crippen molar-refractivity contribution < 1.29 is 23.9 Å². The average molecular weight is 583 g/mol. The largest absolute Gasteiger partial charge is 0.426 e. The van der Waals surface area contributed by atoms with Gasteiger partial charge >= 0.3 is 5.97 Å². The van der Waals surface area contributed by atoms with Gasteiger partial charge in [0.25, 0.3) is 0 Å². The zero-order valence-electron chi connectivity index (χ0n) is 24.4. The first-order valence-electron chi connectivity index (χ1n) is 15.1. The summed E-state index contributed by atoms with van der Waals surface area (Å²) >= 11 is 0. The van der Waals surface area contributed by atoms with E-state index in [1.165, 1.54) is 4.90 Å². The molecule has 0 saturated carbocycles. The predicted octanol–water partition coefficient (Wildman–Crippen LogP) is 5.66. The van der Waals surface area contributed by atoms with Crippen molar-refractivity contribution in [3.05, 3.63) is 124 Å². The standard InChI is InChI=1S/C37H30N2O5/c1-20-9-7-10-21(2)34(20)38-19-22(17-29(38)40)37(43)44-24-12-8-11-23(18-24)39-35(41)32-30-25-13-3-4-14-26(25)31(33(32)36(39)42)28-16-6-5-15-27(28)30/h3-16,18,22,30-33H,17,19H2,1-2H3/t22-,30?,31?,32-,33+/m0/s1. The van der Waals surface area contributed by atoms with Gasteiger partial charge in [-0.05, 0) is 59.4 Å². The maximum absolute atomic E-state index is 14.1. The van der Waals surface area contributed by atoms with Crippen LogP contribution in [0.1, 0.15) is 51.6 Å². The Labute approximate surface area is 255 Å². The number of esters is 1. The second-order valence-electron chi connectivity index (χ2n) is 12.3. The van der Waals surface area contributed by atoms with E-state index in [0.29, 0.717) is 5.69 Å². The molecule has 9 rings (SSSR count). The molecule has 3 aliphatic carbocycles. The van der Waals surface area contributed by atoms with Gasteiger partial charge in [-0.25, -0.2) is 4.90 Å². The van der Waals surface area contributed by atoms with E-state index < -0.39 is 23.7 Å². The Bertz CT molecular complexity index is 1780. The van der Waals surface area contributed by atoms with Gasteiger partial charge in [-0.1, -0.05) is 72.8 Å². The van der Waals surface area contributed by atoms with Crippen molar-refractivity contribution in [2.24, 2.45) is 17.8 Å². The molecule has 2 fully saturated rings. The molecule has 44 heavy (non-hydrogen) atoms. The quantitative estimate of drug-likeness (QED) is 0.176. The summed E-state index contributed by atoms with van der Waals surface area (Å²) in [6.45, 7) is 4.14. The van der Waals surface area contributed by atoms with Gasteiger partial charge in [-0.15, -0.1) is 0 Å². The summed E-state index contributed by atoms with van der Waals surface area (Å²) < 4.78 is 5.77. The van der Waals surface area contributed by atoms with E-state index in [4.69, 9.17) is 4.74 Å². The molecule has 3 atom stereocenters. The van der Waals surface area contributed by atoms with Crippen molar-refractivity contribution in [2.45, 2.75) is 32.1 Å². The Morgan fingerprint density at radius 1 is 0.705 bits per heavy atom. The second-order valence-corrected chi connectivity index (χ2v) is 12.3. The summed E-state index contributed by atoms with van der Waals surface area (Å²) in [7, 11) is 0. The maximum atomic E-state index is 14.1. The Balaban J connectivity index is 1.06. The fraction of sp³-hybridized carbons (Fsp3) is 0.243. The molecule has 0 spiro atoms. The van der Waals surface area contributed by atoms with Gasteiger partial charge < -0.3 is 9.64 Å². The number of carbonyl (C=O) groups is 4. The molecule has 3 amide bonds. The number of aryl methyl sites for hydroxylation is 2. The first-order valence-corrected chi connectivity index (χ1v) is 15.1. The van der Waals surface area contributed by atoms with Crippen LogP contribution in [0.5, 0.6) is 5.75 Å². The number of benzene rings is 4. The zero-order chi connectivity index (χ0) is 30.3. The van der Waals surface area contributed by atoms with E-state index in [2.05, 4.69) is 24.3 Å². The number of rotatable bonds is 4. The Morgan fingerprint density at radius 3 is 1.77 bits per heavy atom. The molecule has 0 unspecified atom stereocenters. The van der Waals surface area contributed by atoms with Crippen molar-refractivity contribution >= 4 is 35.1 Å². The minimum Gasteiger partial charge on any atom is -0.426 e. The van der Waals surface area contributed by atoms with Crippen LogP contribution in [0, 0.1) is 31.6 Å². The van der Waals surface area contributed by atoms with Crippen LogP contribution in [-0.4, -0.2) is 30.2 Å². The highest BCUT2D eigenvalue weighted by Gasteiger charge is 2.61. The fourth-order valence-corrected chi connectivity index (χ4v) is 8.13. The summed E-state index contributed by atoms with van der Waals surface area (Å²) in [5.74, 6) is -2.87. The Morgan fingerprint density at radius 2 is 1.23 bits per heavy atom. The maximum Gasteiger partial charge on any atom is 0.316 e. The van der Waals surface area contributed by atoms with Crippen molar-refractivity contribution in [1.82, 2.24) is 0 Å². The van der Waals surface area contributed by atoms with Gasteiger partial charge in [-0.3, -0.25) is 19.2 Å². The number of carbonyl (C=O) groups excluding carboxylic acids is 4. The SMILES string of the molecule is Cc1cccc(C)c1N1C[C@@H](C(=O)Oc2cccc(N3C(=O)[C@@H]4C5c6ccccc6C(c6ccccc65)[C@@H]4C3=O)c2)CC1=O. The van der Waals surface area contributed by atoms with Gasteiger partial charge in [0, 0.05) is 36.6 Å². The molecule has 7 nitrogen and oxygen atoms in total. The molecule has 5 aliphatic rings. The Hall–Kier alpha value is -5.04. The van der Waals surface area contributed by atoms with Gasteiger partial charge in [0.15, 0.2) is 0 Å². The number of anilines is 2. The first kappa shape index (κ1) is 26.6. The van der Waals surface area contributed by atoms with E-state index in [-0.39, 0.29) is 48.3 Å². The van der Waals surface area contributed by atoms with E-state index in [1.54, 1.807) is 29.2 Å². The summed E-state index contributed by atoms with van der Waals surface area (Å²) in [4.78, 5) is 57.4. The molecule has 4 aromatic carbocycles. The van der Waals surface area contributed by atoms with Gasteiger partial charge in [0.2, 0.25) is 17.7 Å². The molecule has 218 valence electrons. The van der Waals surface area contributed by atoms with E-state index >= 15 is 0 Å². The lowest BCUT2D eigenvalue weighted by atomic mass is 9.55. The molecule has 4 aromatic rings. The third-order valence-corrected chi connectivity index (χ3v) is 9.91. The lowest BCUT2D eigenvalue weighted by Crippen LogP contribution is -2.41. The van der Waals surface area contributed by atoms with Crippen LogP contribution in [0.3, 0.4) is 0 Å². The van der Waals surface area contributed by atoms with Gasteiger partial charge in [0.05, 0.1) is 23.4 Å². The molecule has 0 aromatic heterocycles. The smallest absolute Gasteiger partial charge is 0.316 e. The summed E-state index contributed by atoms with van der Waals surface area (Å²) in [5.41, 5.74) is 7.62. The van der Waals surface area contributed by atoms with Crippen molar-refractivity contribution in [2.75, 3.05) is 16.3 Å². The number of nitrogens with zero attached hydrogens (tertiary/aromatic N) is 2. The third kappa shape index (κ3) is 3.75. The van der Waals surface area contributed by atoms with Crippen LogP contribution in [-0.2, 0) is 19.2 Å². The van der Waals surface area contributed by atoms with Crippen molar-refractivity contribution in [1.29, 1.82) is 0 Å². The molecule has 2 saturated heterocycles. The molecule has 0 N–H and O–H groups in total. The monoisotopic (exact) mass is 582 g/mol. The van der Waals surface area contributed by atoms with E-state index in [1.807, 2.05) is 56.3 Å². The first-order chi connectivity index (χ1) is 21.3. The number of para-hydroxylation sites is 1. The van der Waals surface area contributed by atoms with E-state index in [9.17, 15) is 19.2 Å². The van der Waals surface area contributed by atoms with E-state index in [0.717, 1.165) is 39.1 Å². The van der Waals surface area contributed by atoms with Crippen molar-refractivity contribution in [3.63, 3.8) is 0 Å². The zero-order valence-corrected chi connectivity index (χ0v) is 24.4. The molecular weight excluding hydrogens is 552 g/mol. The van der Waals surface area contributed by atoms with Crippen LogP contribution in [0.25, 0.3) is 0 Å². The average Bonchev–Trinajstić information content (AvgIpc) is 3.54. The molecular formula is C37H30N2O5. The third-order valence-electron chi connectivity index (χ3n) is 9.91. The summed E-state index contributed by atoms with van der Waals surface area (Å²) in [5, 5.41) is 0. The number of ether oxygens (including phenoxy) is 1. The summed E-state index contributed by atoms with van der Waals surface area (Å²) in [6.07, 6.45) is 0.0582. The van der Waals surface area contributed by atoms with Crippen LogP contribution in [0.2, 0.25) is 0 Å². The molecule has 2 heterocycles. The lowest BCUT2D eigenvalue weighted by molar-refractivity contribution is -0.139. The molecule has 0 radical (unpaired) electrons. The highest BCUT2D eigenvalue weighted by molar-refractivity contribution is 6.23. The number of imide groups is 1. The topological polar surface area (TPSA) is 84.0 Å². The highest BCUT2D eigenvalue weighted by Crippen LogP contribution is 2.61. The fourth-order valence-electron chi connectivity index (χ4n) is 8.13. The number of hydrogen-bond acceptors (Lipinski definition) is 5. The predicted molar refractivity (Wildman–Crippen MR) is 164 cm³/mol. The van der Waals surface area contributed by atoms with Crippen LogP contribution in [0.15, 0.2) is 91.0 Å². The highest BCUT2D eigenvalue weighted by atomic mass is 16.5. The minimum absolute atomic E-state index is 0.0582. The van der Waals surface area contributed by atoms with Crippen LogP contribution >= 0.6 is 0 Å². The molecule has 2 aliphatic heterocycles. The molecule has 2 bridgehead atoms. The molecule has 7 heteroatoms. The van der Waals surface area contributed by atoms with Crippen LogP contribution < -0.4 is 14.5 Å². The lowest BCUT2D eigenvalue weighted by Gasteiger charge is -2.45. The second kappa shape index (κ2) is 9.74.